The first kappa shape index (κ1) is 14.7. The molecule has 4 unspecified atom stereocenters. The molecule has 0 aromatic rings. The Kier molecular flexibility index (Phi) is 4.73. The van der Waals surface area contributed by atoms with Crippen LogP contribution >= 0.6 is 11.8 Å². The minimum Gasteiger partial charge on any atom is -0.480 e. The highest BCUT2D eigenvalue weighted by Crippen LogP contribution is 2.36. The monoisotopic (exact) mass is 286 g/mol. The van der Waals surface area contributed by atoms with E-state index in [4.69, 9.17) is 5.73 Å². The molecule has 3 N–H and O–H groups in total. The van der Waals surface area contributed by atoms with E-state index >= 15 is 0 Å². The Morgan fingerprint density at radius 2 is 2.16 bits per heavy atom. The number of carbonyl (C=O) groups is 2. The number of amides is 1. The molecule has 19 heavy (non-hydrogen) atoms. The van der Waals surface area contributed by atoms with Crippen LogP contribution < -0.4 is 5.73 Å². The first-order valence-corrected chi connectivity index (χ1v) is 8.01. The maximum Gasteiger partial charge on any atom is 0.327 e. The third-order valence-electron chi connectivity index (χ3n) is 3.99. The van der Waals surface area contributed by atoms with E-state index in [1.165, 1.54) is 0 Å². The highest BCUT2D eigenvalue weighted by molar-refractivity contribution is 8.00. The molecular weight excluding hydrogens is 264 g/mol. The van der Waals surface area contributed by atoms with Crippen molar-refractivity contribution < 1.29 is 14.7 Å². The Bertz CT molecular complexity index is 364. The highest BCUT2D eigenvalue weighted by Gasteiger charge is 2.44. The summed E-state index contributed by atoms with van der Waals surface area (Å²) in [5, 5.41) is 9.30. The largest absolute Gasteiger partial charge is 0.480 e. The fourth-order valence-corrected chi connectivity index (χ4v) is 4.49. The molecule has 1 saturated heterocycles. The molecule has 0 spiro atoms. The number of hydrogen-bond donors (Lipinski definition) is 2. The summed E-state index contributed by atoms with van der Waals surface area (Å²) in [6, 6.07) is -0.567. The zero-order valence-electron chi connectivity index (χ0n) is 11.2. The average Bonchev–Trinajstić information content (AvgIpc) is 2.95. The third-order valence-corrected chi connectivity index (χ3v) is 5.35. The van der Waals surface area contributed by atoms with Crippen LogP contribution in [0.15, 0.2) is 0 Å². The Hall–Kier alpha value is -0.750. The van der Waals surface area contributed by atoms with Gasteiger partial charge in [0.15, 0.2) is 0 Å². The van der Waals surface area contributed by atoms with Crippen LogP contribution in [-0.2, 0) is 9.59 Å². The maximum absolute atomic E-state index is 12.6. The molecule has 108 valence electrons. The minimum atomic E-state index is -0.887. The molecule has 2 rings (SSSR count). The van der Waals surface area contributed by atoms with E-state index in [0.717, 1.165) is 25.7 Å². The molecule has 0 radical (unpaired) electrons. The van der Waals surface area contributed by atoms with Crippen molar-refractivity contribution in [3.8, 4) is 0 Å². The van der Waals surface area contributed by atoms with Gasteiger partial charge in [-0.15, -0.1) is 11.8 Å². The molecule has 6 heteroatoms. The molecular formula is C13H22N2O3S. The van der Waals surface area contributed by atoms with Gasteiger partial charge in [0.2, 0.25) is 5.91 Å². The van der Waals surface area contributed by atoms with Gasteiger partial charge in [-0.1, -0.05) is 13.3 Å². The van der Waals surface area contributed by atoms with Gasteiger partial charge >= 0.3 is 5.97 Å². The zero-order valence-corrected chi connectivity index (χ0v) is 12.1. The lowest BCUT2D eigenvalue weighted by molar-refractivity contribution is -0.151. The number of carboxylic acids is 1. The Labute approximate surface area is 117 Å². The van der Waals surface area contributed by atoms with E-state index in [1.807, 2.05) is 0 Å². The predicted octanol–water partition coefficient (Wildman–Crippen LogP) is 1.27. The van der Waals surface area contributed by atoms with Gasteiger partial charge in [0, 0.05) is 17.7 Å². The maximum atomic E-state index is 12.6. The van der Waals surface area contributed by atoms with Crippen molar-refractivity contribution in [1.82, 2.24) is 4.90 Å². The van der Waals surface area contributed by atoms with Crippen molar-refractivity contribution in [3.63, 3.8) is 0 Å². The number of rotatable bonds is 4. The Balaban J connectivity index is 2.11. The number of nitrogens with two attached hydrogens (primary N) is 1. The molecule has 1 aliphatic heterocycles. The smallest absolute Gasteiger partial charge is 0.327 e. The van der Waals surface area contributed by atoms with Crippen LogP contribution in [0, 0.1) is 5.92 Å². The number of hydrogen-bond acceptors (Lipinski definition) is 4. The third kappa shape index (κ3) is 3.05. The van der Waals surface area contributed by atoms with Gasteiger partial charge < -0.3 is 15.7 Å². The van der Waals surface area contributed by atoms with Gasteiger partial charge in [-0.2, -0.15) is 0 Å². The molecule has 0 bridgehead atoms. The van der Waals surface area contributed by atoms with Crippen LogP contribution in [-0.4, -0.2) is 45.1 Å². The SMILES string of the molecule is CCCC1SCC(C(=O)O)N1C(=O)C1CCC(N)C1. The molecule has 4 atom stereocenters. The summed E-state index contributed by atoms with van der Waals surface area (Å²) >= 11 is 1.59. The molecule has 2 fully saturated rings. The number of aliphatic carboxylic acids is 1. The summed E-state index contributed by atoms with van der Waals surface area (Å²) in [5.74, 6) is -0.453. The van der Waals surface area contributed by atoms with Gasteiger partial charge in [0.25, 0.3) is 0 Å². The normalized spacial score (nSPS) is 34.7. The fraction of sp³-hybridized carbons (Fsp3) is 0.846. The average molecular weight is 286 g/mol. The van der Waals surface area contributed by atoms with E-state index in [1.54, 1.807) is 16.7 Å². The summed E-state index contributed by atoms with van der Waals surface area (Å²) in [6.45, 7) is 2.06. The molecule has 2 aliphatic rings. The summed E-state index contributed by atoms with van der Waals surface area (Å²) in [5.41, 5.74) is 5.86. The number of carbonyl (C=O) groups excluding carboxylic acids is 1. The van der Waals surface area contributed by atoms with Crippen molar-refractivity contribution in [2.45, 2.75) is 56.5 Å². The van der Waals surface area contributed by atoms with Crippen molar-refractivity contribution in [2.24, 2.45) is 11.7 Å². The van der Waals surface area contributed by atoms with E-state index in [0.29, 0.717) is 12.2 Å². The first-order chi connectivity index (χ1) is 9.04. The summed E-state index contributed by atoms with van der Waals surface area (Å²) in [4.78, 5) is 25.5. The van der Waals surface area contributed by atoms with E-state index in [-0.39, 0.29) is 23.2 Å². The van der Waals surface area contributed by atoms with Crippen molar-refractivity contribution in [2.75, 3.05) is 5.75 Å². The van der Waals surface area contributed by atoms with Crippen LogP contribution in [0.4, 0.5) is 0 Å². The Morgan fingerprint density at radius 1 is 1.42 bits per heavy atom. The second-order valence-corrected chi connectivity index (χ2v) is 6.66. The lowest BCUT2D eigenvalue weighted by atomic mass is 10.0. The predicted molar refractivity (Wildman–Crippen MR) is 74.7 cm³/mol. The molecule has 5 nitrogen and oxygen atoms in total. The first-order valence-electron chi connectivity index (χ1n) is 6.96. The highest BCUT2D eigenvalue weighted by atomic mass is 32.2. The van der Waals surface area contributed by atoms with Crippen LogP contribution in [0.1, 0.15) is 39.0 Å². The standard InChI is InChI=1S/C13H22N2O3S/c1-2-3-11-15(10(7-19-11)13(17)18)12(16)8-4-5-9(14)6-8/h8-11H,2-7,14H2,1H3,(H,17,18). The lowest BCUT2D eigenvalue weighted by Crippen LogP contribution is -2.47. The van der Waals surface area contributed by atoms with Crippen molar-refractivity contribution >= 4 is 23.6 Å². The zero-order chi connectivity index (χ0) is 14.0. The van der Waals surface area contributed by atoms with E-state index in [9.17, 15) is 14.7 Å². The van der Waals surface area contributed by atoms with Crippen LogP contribution in [0.2, 0.25) is 0 Å². The second kappa shape index (κ2) is 6.13. The van der Waals surface area contributed by atoms with Gasteiger partial charge in [-0.05, 0) is 25.7 Å². The number of thioether (sulfide) groups is 1. The minimum absolute atomic E-state index is 0.00352. The topological polar surface area (TPSA) is 83.6 Å². The van der Waals surface area contributed by atoms with Gasteiger partial charge in [0.1, 0.15) is 6.04 Å². The van der Waals surface area contributed by atoms with Crippen LogP contribution in [0.5, 0.6) is 0 Å². The van der Waals surface area contributed by atoms with E-state index in [2.05, 4.69) is 6.92 Å². The van der Waals surface area contributed by atoms with E-state index < -0.39 is 12.0 Å². The molecule has 1 amide bonds. The molecule has 0 aromatic heterocycles. The Morgan fingerprint density at radius 3 is 2.68 bits per heavy atom. The van der Waals surface area contributed by atoms with Crippen molar-refractivity contribution in [1.29, 1.82) is 0 Å². The summed E-state index contributed by atoms with van der Waals surface area (Å²) in [7, 11) is 0. The second-order valence-electron chi connectivity index (χ2n) is 5.45. The van der Waals surface area contributed by atoms with Crippen LogP contribution in [0.25, 0.3) is 0 Å². The molecule has 1 aliphatic carbocycles. The number of nitrogens with zero attached hydrogens (tertiary/aromatic N) is 1. The summed E-state index contributed by atoms with van der Waals surface area (Å²) < 4.78 is 0. The summed E-state index contributed by atoms with van der Waals surface area (Å²) in [6.07, 6.45) is 4.18. The number of carboxylic acid groups (broad SMARTS) is 1. The van der Waals surface area contributed by atoms with Crippen molar-refractivity contribution in [3.05, 3.63) is 0 Å². The quantitative estimate of drug-likeness (QED) is 0.813. The van der Waals surface area contributed by atoms with Gasteiger partial charge in [-0.25, -0.2) is 4.79 Å². The van der Waals surface area contributed by atoms with Gasteiger partial charge in [-0.3, -0.25) is 4.79 Å². The molecule has 1 heterocycles. The molecule has 0 aromatic carbocycles. The fourth-order valence-electron chi connectivity index (χ4n) is 2.97. The molecule has 1 saturated carbocycles. The van der Waals surface area contributed by atoms with Gasteiger partial charge in [0.05, 0.1) is 5.37 Å². The lowest BCUT2D eigenvalue weighted by Gasteiger charge is -2.29. The van der Waals surface area contributed by atoms with Crippen LogP contribution in [0.3, 0.4) is 0 Å².